The monoisotopic (exact) mass is 506 g/mol. The Labute approximate surface area is 216 Å². The first kappa shape index (κ1) is 25.6. The Morgan fingerprint density at radius 3 is 2.28 bits per heavy atom. The first-order chi connectivity index (χ1) is 17.4. The second-order valence-electron chi connectivity index (χ2n) is 9.05. The van der Waals surface area contributed by atoms with Gasteiger partial charge in [0.05, 0.1) is 5.69 Å². The van der Waals surface area contributed by atoms with E-state index in [1.165, 1.54) is 0 Å². The smallest absolute Gasteiger partial charge is 0.253 e. The molecule has 8 nitrogen and oxygen atoms in total. The zero-order chi connectivity index (χ0) is 25.5. The average molecular weight is 507 g/mol. The molecule has 2 aromatic carbocycles. The van der Waals surface area contributed by atoms with Crippen LogP contribution in [-0.2, 0) is 4.79 Å². The van der Waals surface area contributed by atoms with Gasteiger partial charge in [-0.2, -0.15) is 0 Å². The molecule has 2 heterocycles. The van der Waals surface area contributed by atoms with Crippen LogP contribution in [0.2, 0.25) is 5.02 Å². The molecule has 0 bridgehead atoms. The van der Waals surface area contributed by atoms with Gasteiger partial charge in [-0.3, -0.25) is 9.59 Å². The Kier molecular flexibility index (Phi) is 8.51. The van der Waals surface area contributed by atoms with Crippen molar-refractivity contribution in [2.75, 3.05) is 52.1 Å². The molecule has 4 rings (SSSR count). The molecule has 1 aromatic heterocycles. The van der Waals surface area contributed by atoms with Crippen molar-refractivity contribution in [3.05, 3.63) is 71.4 Å². The van der Waals surface area contributed by atoms with Gasteiger partial charge in [-0.05, 0) is 69.5 Å². The zero-order valence-electron chi connectivity index (χ0n) is 20.7. The van der Waals surface area contributed by atoms with Gasteiger partial charge in [-0.1, -0.05) is 23.7 Å². The van der Waals surface area contributed by atoms with E-state index < -0.39 is 0 Å². The van der Waals surface area contributed by atoms with E-state index in [9.17, 15) is 9.59 Å². The molecular weight excluding hydrogens is 476 g/mol. The molecule has 1 aliphatic rings. The van der Waals surface area contributed by atoms with E-state index in [1.807, 2.05) is 66.4 Å². The van der Waals surface area contributed by atoms with Gasteiger partial charge >= 0.3 is 0 Å². The van der Waals surface area contributed by atoms with Gasteiger partial charge in [0.1, 0.15) is 0 Å². The van der Waals surface area contributed by atoms with Crippen molar-refractivity contribution in [1.82, 2.24) is 24.7 Å². The molecular formula is C27H31ClN6O2. The number of hydrogen-bond donors (Lipinski definition) is 1. The molecule has 0 aliphatic carbocycles. The summed E-state index contributed by atoms with van der Waals surface area (Å²) in [5, 5.41) is 3.87. The molecule has 3 aromatic rings. The van der Waals surface area contributed by atoms with Gasteiger partial charge in [0.15, 0.2) is 0 Å². The first-order valence-corrected chi connectivity index (χ1v) is 12.4. The molecule has 0 radical (unpaired) electrons. The third-order valence-electron chi connectivity index (χ3n) is 6.10. The van der Waals surface area contributed by atoms with Gasteiger partial charge in [0.2, 0.25) is 11.9 Å². The number of halogens is 1. The molecule has 0 spiro atoms. The lowest BCUT2D eigenvalue weighted by atomic mass is 10.1. The Balaban J connectivity index is 1.30. The van der Waals surface area contributed by atoms with Crippen molar-refractivity contribution < 1.29 is 9.59 Å². The van der Waals surface area contributed by atoms with E-state index in [0.29, 0.717) is 49.1 Å². The fourth-order valence-electron chi connectivity index (χ4n) is 4.07. The number of amides is 2. The molecule has 1 saturated heterocycles. The van der Waals surface area contributed by atoms with Crippen LogP contribution in [0.4, 0.5) is 11.6 Å². The molecule has 0 saturated carbocycles. The Hall–Kier alpha value is -3.49. The lowest BCUT2D eigenvalue weighted by Crippen LogP contribution is -2.50. The van der Waals surface area contributed by atoms with Crippen LogP contribution < -0.4 is 5.32 Å². The maximum absolute atomic E-state index is 13.0. The van der Waals surface area contributed by atoms with Gasteiger partial charge in [0, 0.05) is 60.6 Å². The molecule has 188 valence electrons. The van der Waals surface area contributed by atoms with Crippen molar-refractivity contribution in [2.45, 2.75) is 12.8 Å². The molecule has 1 N–H and O–H groups in total. The number of anilines is 2. The van der Waals surface area contributed by atoms with Crippen LogP contribution in [0.15, 0.2) is 60.8 Å². The summed E-state index contributed by atoms with van der Waals surface area (Å²) >= 11 is 5.98. The fourth-order valence-corrected chi connectivity index (χ4v) is 4.20. The molecule has 0 atom stereocenters. The highest BCUT2D eigenvalue weighted by Crippen LogP contribution is 2.22. The summed E-state index contributed by atoms with van der Waals surface area (Å²) in [4.78, 5) is 40.0. The number of hydrogen-bond acceptors (Lipinski definition) is 6. The summed E-state index contributed by atoms with van der Waals surface area (Å²) in [6, 6.07) is 16.6. The molecule has 36 heavy (non-hydrogen) atoms. The minimum atomic E-state index is -0.0257. The highest BCUT2D eigenvalue weighted by molar-refractivity contribution is 6.30. The summed E-state index contributed by atoms with van der Waals surface area (Å²) in [5.41, 5.74) is 3.13. The number of nitrogens with one attached hydrogen (secondary N) is 1. The van der Waals surface area contributed by atoms with Crippen molar-refractivity contribution >= 4 is 35.1 Å². The minimum Gasteiger partial charge on any atom is -0.339 e. The van der Waals surface area contributed by atoms with E-state index in [2.05, 4.69) is 20.2 Å². The minimum absolute atomic E-state index is 0.0257. The van der Waals surface area contributed by atoms with Crippen molar-refractivity contribution in [1.29, 1.82) is 0 Å². The van der Waals surface area contributed by atoms with Crippen LogP contribution in [0.1, 0.15) is 23.2 Å². The summed E-state index contributed by atoms with van der Waals surface area (Å²) < 4.78 is 0. The van der Waals surface area contributed by atoms with E-state index >= 15 is 0 Å². The second kappa shape index (κ2) is 12.0. The maximum Gasteiger partial charge on any atom is 0.253 e. The lowest BCUT2D eigenvalue weighted by Gasteiger charge is -2.35. The number of benzene rings is 2. The van der Waals surface area contributed by atoms with Gasteiger partial charge < -0.3 is 20.0 Å². The summed E-state index contributed by atoms with van der Waals surface area (Å²) in [5.74, 6) is 0.608. The SMILES string of the molecule is CN(C)CCCC(=O)N1CCN(C(=O)c2ccc(Nc3nccc(-c4ccc(Cl)cc4)n3)cc2)CC1. The first-order valence-electron chi connectivity index (χ1n) is 12.1. The molecule has 1 fully saturated rings. The normalized spacial score (nSPS) is 13.7. The molecule has 0 unspecified atom stereocenters. The molecule has 1 aliphatic heterocycles. The van der Waals surface area contributed by atoms with Crippen LogP contribution in [0.3, 0.4) is 0 Å². The number of rotatable bonds is 8. The molecule has 2 amide bonds. The third kappa shape index (κ3) is 6.80. The van der Waals surface area contributed by atoms with E-state index in [-0.39, 0.29) is 11.8 Å². The number of carbonyl (C=O) groups is 2. The fraction of sp³-hybridized carbons (Fsp3) is 0.333. The van der Waals surface area contributed by atoms with Gasteiger partial charge in [-0.15, -0.1) is 0 Å². The second-order valence-corrected chi connectivity index (χ2v) is 9.49. The summed E-state index contributed by atoms with van der Waals surface area (Å²) in [7, 11) is 4.01. The highest BCUT2D eigenvalue weighted by atomic mass is 35.5. The standard InChI is InChI=1S/C27H31ClN6O2/c1-32(2)15-3-4-25(35)33-16-18-34(19-17-33)26(36)21-7-11-23(12-8-21)30-27-29-14-13-24(31-27)20-5-9-22(28)10-6-20/h5-14H,3-4,15-19H2,1-2H3,(H,29,30,31). The summed E-state index contributed by atoms with van der Waals surface area (Å²) in [6.45, 7) is 3.14. The highest BCUT2D eigenvalue weighted by Gasteiger charge is 2.24. The number of nitrogens with zero attached hydrogens (tertiary/aromatic N) is 5. The Bertz CT molecular complexity index is 1180. The van der Waals surface area contributed by atoms with E-state index in [1.54, 1.807) is 18.3 Å². The summed E-state index contributed by atoms with van der Waals surface area (Å²) in [6.07, 6.45) is 3.10. The van der Waals surface area contributed by atoms with Gasteiger partial charge in [0.25, 0.3) is 5.91 Å². The number of carbonyl (C=O) groups excluding carboxylic acids is 2. The predicted octanol–water partition coefficient (Wildman–Crippen LogP) is 4.17. The molecule has 9 heteroatoms. The van der Waals surface area contributed by atoms with Gasteiger partial charge in [-0.25, -0.2) is 9.97 Å². The largest absolute Gasteiger partial charge is 0.339 e. The van der Waals surface area contributed by atoms with Crippen molar-refractivity contribution in [3.63, 3.8) is 0 Å². The van der Waals surface area contributed by atoms with E-state index in [4.69, 9.17) is 11.6 Å². The van der Waals surface area contributed by atoms with Crippen LogP contribution in [0.25, 0.3) is 11.3 Å². The van der Waals surface area contributed by atoms with Crippen LogP contribution in [-0.4, -0.2) is 83.3 Å². The van der Waals surface area contributed by atoms with E-state index in [0.717, 1.165) is 29.9 Å². The third-order valence-corrected chi connectivity index (χ3v) is 6.35. The Morgan fingerprint density at radius 2 is 1.61 bits per heavy atom. The quantitative estimate of drug-likeness (QED) is 0.494. The maximum atomic E-state index is 13.0. The Morgan fingerprint density at radius 1 is 0.944 bits per heavy atom. The predicted molar refractivity (Wildman–Crippen MR) is 142 cm³/mol. The number of aromatic nitrogens is 2. The number of piperazine rings is 1. The lowest BCUT2D eigenvalue weighted by molar-refractivity contribution is -0.132. The van der Waals surface area contributed by atoms with Crippen LogP contribution >= 0.6 is 11.6 Å². The topological polar surface area (TPSA) is 81.7 Å². The zero-order valence-corrected chi connectivity index (χ0v) is 21.4. The van der Waals surface area contributed by atoms with Crippen LogP contribution in [0.5, 0.6) is 0 Å². The van der Waals surface area contributed by atoms with Crippen molar-refractivity contribution in [3.8, 4) is 11.3 Å². The van der Waals surface area contributed by atoms with Crippen molar-refractivity contribution in [2.24, 2.45) is 0 Å². The van der Waals surface area contributed by atoms with Crippen LogP contribution in [0, 0.1) is 0 Å². The average Bonchev–Trinajstić information content (AvgIpc) is 2.89.